The Labute approximate surface area is 146 Å². The fourth-order valence-corrected chi connectivity index (χ4v) is 3.61. The standard InChI is InChI=1S/C20H21N3O2/c1-11-8-12(2)18-15(9-11)16-10-13(3)22-23(16)20(21-18)14-6-5-7-17(25-4)19(14)24/h5-10,20-21,24H,1-4H3. The largest absolute Gasteiger partial charge is 0.504 e. The molecule has 4 rings (SSSR count). The first-order valence-corrected chi connectivity index (χ1v) is 8.29. The summed E-state index contributed by atoms with van der Waals surface area (Å²) in [6, 6.07) is 11.9. The third kappa shape index (κ3) is 2.35. The summed E-state index contributed by atoms with van der Waals surface area (Å²) in [6.45, 7) is 6.18. The molecule has 0 bridgehead atoms. The van der Waals surface area contributed by atoms with Crippen molar-refractivity contribution in [3.63, 3.8) is 0 Å². The molecule has 2 aromatic carbocycles. The zero-order valence-corrected chi connectivity index (χ0v) is 14.8. The lowest BCUT2D eigenvalue weighted by atomic mass is 9.98. The van der Waals surface area contributed by atoms with E-state index in [0.29, 0.717) is 5.75 Å². The lowest BCUT2D eigenvalue weighted by Crippen LogP contribution is -2.26. The Morgan fingerprint density at radius 2 is 1.96 bits per heavy atom. The average Bonchev–Trinajstić information content (AvgIpc) is 2.97. The lowest BCUT2D eigenvalue weighted by Gasteiger charge is -2.31. The van der Waals surface area contributed by atoms with Crippen LogP contribution in [-0.4, -0.2) is 22.0 Å². The molecule has 5 heteroatoms. The summed E-state index contributed by atoms with van der Waals surface area (Å²) in [5.41, 5.74) is 7.32. The predicted octanol–water partition coefficient (Wildman–Crippen LogP) is 4.16. The minimum atomic E-state index is -0.298. The van der Waals surface area contributed by atoms with Crippen molar-refractivity contribution in [1.82, 2.24) is 9.78 Å². The van der Waals surface area contributed by atoms with Crippen molar-refractivity contribution in [2.24, 2.45) is 0 Å². The van der Waals surface area contributed by atoms with Gasteiger partial charge in [0.25, 0.3) is 0 Å². The van der Waals surface area contributed by atoms with E-state index in [1.165, 1.54) is 11.1 Å². The number of nitrogens with one attached hydrogen (secondary N) is 1. The number of hydrogen-bond acceptors (Lipinski definition) is 4. The summed E-state index contributed by atoms with van der Waals surface area (Å²) in [4.78, 5) is 0. The van der Waals surface area contributed by atoms with Gasteiger partial charge in [-0.05, 0) is 44.5 Å². The van der Waals surface area contributed by atoms with Gasteiger partial charge in [0.2, 0.25) is 0 Å². The molecule has 0 saturated carbocycles. The number of para-hydroxylation sites is 1. The van der Waals surface area contributed by atoms with Crippen LogP contribution in [0.3, 0.4) is 0 Å². The minimum absolute atomic E-state index is 0.134. The first-order valence-electron chi connectivity index (χ1n) is 8.29. The number of benzene rings is 2. The van der Waals surface area contributed by atoms with Crippen LogP contribution in [-0.2, 0) is 0 Å². The molecule has 25 heavy (non-hydrogen) atoms. The van der Waals surface area contributed by atoms with Gasteiger partial charge in [-0.15, -0.1) is 0 Å². The molecule has 2 heterocycles. The van der Waals surface area contributed by atoms with Crippen molar-refractivity contribution in [3.8, 4) is 22.8 Å². The van der Waals surface area contributed by atoms with Crippen LogP contribution in [0.4, 0.5) is 5.69 Å². The summed E-state index contributed by atoms with van der Waals surface area (Å²) < 4.78 is 7.21. The highest BCUT2D eigenvalue weighted by atomic mass is 16.5. The van der Waals surface area contributed by atoms with Gasteiger partial charge in [0.15, 0.2) is 17.7 Å². The number of fused-ring (bicyclic) bond motifs is 3. The second-order valence-electron chi connectivity index (χ2n) is 6.56. The van der Waals surface area contributed by atoms with Gasteiger partial charge in [0.05, 0.1) is 18.5 Å². The molecule has 3 aromatic rings. The zero-order chi connectivity index (χ0) is 17.7. The first-order chi connectivity index (χ1) is 12.0. The molecule has 1 aliphatic rings. The van der Waals surface area contributed by atoms with E-state index in [1.807, 2.05) is 23.7 Å². The summed E-state index contributed by atoms with van der Waals surface area (Å²) in [6.07, 6.45) is -0.298. The molecule has 1 aliphatic heterocycles. The zero-order valence-electron chi connectivity index (χ0n) is 14.8. The normalized spacial score (nSPS) is 15.3. The highest BCUT2D eigenvalue weighted by molar-refractivity contribution is 5.82. The molecule has 2 N–H and O–H groups in total. The third-order valence-electron chi connectivity index (χ3n) is 4.68. The smallest absolute Gasteiger partial charge is 0.164 e. The number of aromatic nitrogens is 2. The minimum Gasteiger partial charge on any atom is -0.504 e. The molecule has 0 radical (unpaired) electrons. The van der Waals surface area contributed by atoms with Crippen LogP contribution in [0.2, 0.25) is 0 Å². The van der Waals surface area contributed by atoms with Crippen molar-refractivity contribution >= 4 is 5.69 Å². The fourth-order valence-electron chi connectivity index (χ4n) is 3.61. The maximum Gasteiger partial charge on any atom is 0.164 e. The van der Waals surface area contributed by atoms with Gasteiger partial charge in [-0.1, -0.05) is 23.8 Å². The second kappa shape index (κ2) is 5.55. The van der Waals surface area contributed by atoms with Crippen LogP contribution in [0.5, 0.6) is 11.5 Å². The molecule has 128 valence electrons. The monoisotopic (exact) mass is 335 g/mol. The van der Waals surface area contributed by atoms with Crippen molar-refractivity contribution in [3.05, 3.63) is 58.8 Å². The van der Waals surface area contributed by atoms with E-state index in [2.05, 4.69) is 42.5 Å². The van der Waals surface area contributed by atoms with Crippen molar-refractivity contribution in [2.45, 2.75) is 26.9 Å². The van der Waals surface area contributed by atoms with E-state index < -0.39 is 0 Å². The SMILES string of the molecule is COc1cccc(C2Nc3c(C)cc(C)cc3-c3cc(C)nn32)c1O. The van der Waals surface area contributed by atoms with Crippen LogP contribution in [0, 0.1) is 20.8 Å². The Kier molecular flexibility index (Phi) is 3.46. The quantitative estimate of drug-likeness (QED) is 0.738. The molecule has 1 aromatic heterocycles. The molecule has 0 aliphatic carbocycles. The average molecular weight is 335 g/mol. The van der Waals surface area contributed by atoms with Crippen molar-refractivity contribution < 1.29 is 9.84 Å². The molecular formula is C20H21N3O2. The maximum atomic E-state index is 10.6. The Hall–Kier alpha value is -2.95. The van der Waals surface area contributed by atoms with Gasteiger partial charge in [0, 0.05) is 16.8 Å². The van der Waals surface area contributed by atoms with Crippen molar-refractivity contribution in [1.29, 1.82) is 0 Å². The van der Waals surface area contributed by atoms with Gasteiger partial charge in [-0.25, -0.2) is 4.68 Å². The molecule has 1 unspecified atom stereocenters. The topological polar surface area (TPSA) is 59.3 Å². The van der Waals surface area contributed by atoms with Gasteiger partial charge >= 0.3 is 0 Å². The number of ether oxygens (including phenoxy) is 1. The predicted molar refractivity (Wildman–Crippen MR) is 98.3 cm³/mol. The number of nitrogens with zero attached hydrogens (tertiary/aromatic N) is 2. The van der Waals surface area contributed by atoms with Crippen LogP contribution in [0.25, 0.3) is 11.3 Å². The summed E-state index contributed by atoms with van der Waals surface area (Å²) >= 11 is 0. The second-order valence-corrected chi connectivity index (χ2v) is 6.56. The number of phenolic OH excluding ortho intramolecular Hbond substituents is 1. The number of hydrogen-bond donors (Lipinski definition) is 2. The molecule has 0 fully saturated rings. The summed E-state index contributed by atoms with van der Waals surface area (Å²) in [7, 11) is 1.55. The van der Waals surface area contributed by atoms with Gasteiger partial charge in [0.1, 0.15) is 0 Å². The number of phenols is 1. The van der Waals surface area contributed by atoms with E-state index >= 15 is 0 Å². The van der Waals surface area contributed by atoms with E-state index in [1.54, 1.807) is 13.2 Å². The number of anilines is 1. The molecule has 0 spiro atoms. The van der Waals surface area contributed by atoms with E-state index in [9.17, 15) is 5.11 Å². The Morgan fingerprint density at radius 1 is 1.16 bits per heavy atom. The van der Waals surface area contributed by atoms with E-state index in [0.717, 1.165) is 28.2 Å². The number of aromatic hydroxyl groups is 1. The third-order valence-corrected chi connectivity index (χ3v) is 4.68. The Morgan fingerprint density at radius 3 is 2.72 bits per heavy atom. The number of methoxy groups -OCH3 is 1. The van der Waals surface area contributed by atoms with Crippen LogP contribution < -0.4 is 10.1 Å². The first kappa shape index (κ1) is 15.6. The fraction of sp³-hybridized carbons (Fsp3) is 0.250. The Bertz CT molecular complexity index is 975. The van der Waals surface area contributed by atoms with Gasteiger partial charge in [-0.3, -0.25) is 0 Å². The van der Waals surface area contributed by atoms with E-state index in [4.69, 9.17) is 4.74 Å². The van der Waals surface area contributed by atoms with Crippen molar-refractivity contribution in [2.75, 3.05) is 12.4 Å². The molecule has 0 amide bonds. The molecular weight excluding hydrogens is 314 g/mol. The van der Waals surface area contributed by atoms with Crippen LogP contribution >= 0.6 is 0 Å². The lowest BCUT2D eigenvalue weighted by molar-refractivity contribution is 0.366. The highest BCUT2D eigenvalue weighted by Gasteiger charge is 2.30. The van der Waals surface area contributed by atoms with E-state index in [-0.39, 0.29) is 11.9 Å². The maximum absolute atomic E-state index is 10.6. The number of rotatable bonds is 2. The molecule has 5 nitrogen and oxygen atoms in total. The summed E-state index contributed by atoms with van der Waals surface area (Å²) in [5.74, 6) is 0.589. The van der Waals surface area contributed by atoms with Gasteiger partial charge in [-0.2, -0.15) is 5.10 Å². The summed E-state index contributed by atoms with van der Waals surface area (Å²) in [5, 5.41) is 18.9. The highest BCUT2D eigenvalue weighted by Crippen LogP contribution is 2.44. The number of aryl methyl sites for hydroxylation is 3. The van der Waals surface area contributed by atoms with Gasteiger partial charge < -0.3 is 15.2 Å². The van der Waals surface area contributed by atoms with Crippen LogP contribution in [0.15, 0.2) is 36.4 Å². The van der Waals surface area contributed by atoms with Crippen LogP contribution in [0.1, 0.15) is 28.6 Å². The molecule has 1 atom stereocenters. The molecule has 0 saturated heterocycles. The Balaban J connectivity index is 1.95.